The minimum absolute atomic E-state index is 0.513. The fourth-order valence-corrected chi connectivity index (χ4v) is 2.46. The van der Waals surface area contributed by atoms with Crippen LogP contribution < -0.4 is 0 Å². The molecule has 0 bridgehead atoms. The molecular formula is C7H6BrNS. The Morgan fingerprint density at radius 3 is 2.90 bits per heavy atom. The van der Waals surface area contributed by atoms with Crippen molar-refractivity contribution in [2.45, 2.75) is 13.3 Å². The number of hydrogen-bond acceptors (Lipinski definition) is 2. The van der Waals surface area contributed by atoms with E-state index in [1.807, 2.05) is 13.0 Å². The number of nitrogens with zero attached hydrogens (tertiary/aromatic N) is 1. The van der Waals surface area contributed by atoms with E-state index in [0.29, 0.717) is 6.42 Å². The molecule has 0 fully saturated rings. The predicted molar refractivity (Wildman–Crippen MR) is 46.1 cm³/mol. The Morgan fingerprint density at radius 2 is 2.50 bits per heavy atom. The van der Waals surface area contributed by atoms with Crippen LogP contribution in [0, 0.1) is 18.3 Å². The first-order valence-electron chi connectivity index (χ1n) is 2.86. The van der Waals surface area contributed by atoms with Crippen LogP contribution in [-0.2, 0) is 6.42 Å². The van der Waals surface area contributed by atoms with E-state index >= 15 is 0 Å². The van der Waals surface area contributed by atoms with Gasteiger partial charge in [0.05, 0.1) is 12.5 Å². The van der Waals surface area contributed by atoms with Crippen molar-refractivity contribution in [1.29, 1.82) is 5.26 Å². The molecule has 1 rings (SSSR count). The van der Waals surface area contributed by atoms with Gasteiger partial charge in [0.1, 0.15) is 0 Å². The van der Waals surface area contributed by atoms with Crippen molar-refractivity contribution in [2.75, 3.05) is 0 Å². The molecule has 0 aliphatic carbocycles. The summed E-state index contributed by atoms with van der Waals surface area (Å²) in [5.41, 5.74) is 0. The first kappa shape index (κ1) is 7.77. The molecule has 3 heteroatoms. The molecule has 1 nitrogen and oxygen atoms in total. The maximum atomic E-state index is 8.39. The highest BCUT2D eigenvalue weighted by molar-refractivity contribution is 9.10. The zero-order valence-corrected chi connectivity index (χ0v) is 7.92. The number of halogens is 1. The van der Waals surface area contributed by atoms with Gasteiger partial charge in [0, 0.05) is 14.2 Å². The quantitative estimate of drug-likeness (QED) is 0.708. The van der Waals surface area contributed by atoms with E-state index in [2.05, 4.69) is 22.0 Å². The predicted octanol–water partition coefficient (Wildman–Crippen LogP) is 2.89. The molecule has 0 aliphatic rings. The van der Waals surface area contributed by atoms with E-state index < -0.39 is 0 Å². The van der Waals surface area contributed by atoms with E-state index in [9.17, 15) is 0 Å². The second kappa shape index (κ2) is 3.18. The summed E-state index contributed by atoms with van der Waals surface area (Å²) >= 11 is 5.05. The van der Waals surface area contributed by atoms with E-state index in [1.54, 1.807) is 11.3 Å². The van der Waals surface area contributed by atoms with Gasteiger partial charge in [-0.3, -0.25) is 0 Å². The maximum absolute atomic E-state index is 8.39. The minimum Gasteiger partial charge on any atom is -0.198 e. The Balaban J connectivity index is 2.94. The van der Waals surface area contributed by atoms with Gasteiger partial charge < -0.3 is 0 Å². The van der Waals surface area contributed by atoms with Crippen molar-refractivity contribution < 1.29 is 0 Å². The van der Waals surface area contributed by atoms with Gasteiger partial charge in [-0.05, 0) is 28.9 Å². The highest BCUT2D eigenvalue weighted by Crippen LogP contribution is 2.26. The molecule has 1 heterocycles. The van der Waals surface area contributed by atoms with Crippen LogP contribution in [0.5, 0.6) is 0 Å². The molecule has 10 heavy (non-hydrogen) atoms. The molecule has 0 unspecified atom stereocenters. The van der Waals surface area contributed by atoms with Crippen LogP contribution in [0.1, 0.15) is 9.75 Å². The van der Waals surface area contributed by atoms with Crippen molar-refractivity contribution in [2.24, 2.45) is 0 Å². The fraction of sp³-hybridized carbons (Fsp3) is 0.286. The lowest BCUT2D eigenvalue weighted by Gasteiger charge is -1.84. The topological polar surface area (TPSA) is 23.8 Å². The van der Waals surface area contributed by atoms with Gasteiger partial charge in [0.15, 0.2) is 0 Å². The number of rotatable bonds is 1. The van der Waals surface area contributed by atoms with Crippen LogP contribution in [0.2, 0.25) is 0 Å². The average molecular weight is 216 g/mol. The number of aryl methyl sites for hydroxylation is 1. The average Bonchev–Trinajstić information content (AvgIpc) is 2.13. The van der Waals surface area contributed by atoms with E-state index in [-0.39, 0.29) is 0 Å². The third-order valence-corrected chi connectivity index (χ3v) is 3.14. The summed E-state index contributed by atoms with van der Waals surface area (Å²) in [5.74, 6) is 0. The first-order chi connectivity index (χ1) is 4.74. The molecule has 0 radical (unpaired) electrons. The number of thiophene rings is 1. The van der Waals surface area contributed by atoms with E-state index in [4.69, 9.17) is 5.26 Å². The zero-order chi connectivity index (χ0) is 7.56. The van der Waals surface area contributed by atoms with Crippen LogP contribution in [0.25, 0.3) is 0 Å². The number of nitriles is 1. The summed E-state index contributed by atoms with van der Waals surface area (Å²) in [7, 11) is 0. The summed E-state index contributed by atoms with van der Waals surface area (Å²) in [4.78, 5) is 2.37. The Labute approximate surface area is 72.4 Å². The highest BCUT2D eigenvalue weighted by atomic mass is 79.9. The standard InChI is InChI=1S/C7H6BrNS/c1-5-4-6(8)7(10-5)2-3-9/h4H,2H2,1H3. The van der Waals surface area contributed by atoms with Gasteiger partial charge in [-0.1, -0.05) is 0 Å². The van der Waals surface area contributed by atoms with Gasteiger partial charge in [-0.2, -0.15) is 5.26 Å². The third kappa shape index (κ3) is 1.59. The van der Waals surface area contributed by atoms with Crippen LogP contribution in [-0.4, -0.2) is 0 Å². The van der Waals surface area contributed by atoms with Gasteiger partial charge in [-0.25, -0.2) is 0 Å². The molecule has 1 aromatic rings. The monoisotopic (exact) mass is 215 g/mol. The Bertz CT molecular complexity index is 272. The van der Waals surface area contributed by atoms with Crippen LogP contribution in [0.3, 0.4) is 0 Å². The summed E-state index contributed by atoms with van der Waals surface area (Å²) in [5, 5.41) is 8.39. The summed E-state index contributed by atoms with van der Waals surface area (Å²) in [6.07, 6.45) is 0.513. The van der Waals surface area contributed by atoms with Crippen molar-refractivity contribution in [3.05, 3.63) is 20.3 Å². The second-order valence-corrected chi connectivity index (χ2v) is 4.16. The van der Waals surface area contributed by atoms with Crippen LogP contribution >= 0.6 is 27.3 Å². The van der Waals surface area contributed by atoms with Gasteiger partial charge in [0.2, 0.25) is 0 Å². The SMILES string of the molecule is Cc1cc(Br)c(CC#N)s1. The normalized spacial score (nSPS) is 9.30. The highest BCUT2D eigenvalue weighted by Gasteiger charge is 2.01. The summed E-state index contributed by atoms with van der Waals surface area (Å²) < 4.78 is 1.07. The summed E-state index contributed by atoms with van der Waals surface area (Å²) in [6.45, 7) is 2.04. The molecule has 0 spiro atoms. The summed E-state index contributed by atoms with van der Waals surface area (Å²) in [6, 6.07) is 4.16. The van der Waals surface area contributed by atoms with Crippen LogP contribution in [0.15, 0.2) is 10.5 Å². The number of hydrogen-bond donors (Lipinski definition) is 0. The minimum atomic E-state index is 0.513. The van der Waals surface area contributed by atoms with E-state index in [0.717, 1.165) is 9.35 Å². The Kier molecular flexibility index (Phi) is 2.47. The van der Waals surface area contributed by atoms with Gasteiger partial charge in [0.25, 0.3) is 0 Å². The molecule has 0 aliphatic heterocycles. The first-order valence-corrected chi connectivity index (χ1v) is 4.46. The molecular weight excluding hydrogens is 210 g/mol. The molecule has 0 N–H and O–H groups in total. The third-order valence-electron chi connectivity index (χ3n) is 1.12. The molecule has 0 saturated heterocycles. The fourth-order valence-electron chi connectivity index (χ4n) is 0.724. The Morgan fingerprint density at radius 1 is 1.80 bits per heavy atom. The van der Waals surface area contributed by atoms with Crippen LogP contribution in [0.4, 0.5) is 0 Å². The molecule has 0 aromatic carbocycles. The Hall–Kier alpha value is -0.330. The van der Waals surface area contributed by atoms with Crippen molar-refractivity contribution in [3.63, 3.8) is 0 Å². The zero-order valence-electron chi connectivity index (χ0n) is 5.52. The largest absolute Gasteiger partial charge is 0.198 e. The molecule has 1 aromatic heterocycles. The van der Waals surface area contributed by atoms with E-state index in [1.165, 1.54) is 4.88 Å². The molecule has 0 atom stereocenters. The molecule has 52 valence electrons. The lowest BCUT2D eigenvalue weighted by Crippen LogP contribution is -1.71. The molecule has 0 saturated carbocycles. The van der Waals surface area contributed by atoms with Gasteiger partial charge >= 0.3 is 0 Å². The van der Waals surface area contributed by atoms with Crippen molar-refractivity contribution >= 4 is 27.3 Å². The second-order valence-electron chi connectivity index (χ2n) is 1.96. The van der Waals surface area contributed by atoms with Gasteiger partial charge in [-0.15, -0.1) is 11.3 Å². The smallest absolute Gasteiger partial charge is 0.0707 e. The lowest BCUT2D eigenvalue weighted by molar-refractivity contribution is 1.31. The molecule has 0 amide bonds. The van der Waals surface area contributed by atoms with Crippen molar-refractivity contribution in [3.8, 4) is 6.07 Å². The maximum Gasteiger partial charge on any atom is 0.0707 e. The lowest BCUT2D eigenvalue weighted by atomic mass is 10.4. The van der Waals surface area contributed by atoms with Crippen molar-refractivity contribution in [1.82, 2.24) is 0 Å².